The molecule has 0 amide bonds. The van der Waals surface area contributed by atoms with Crippen LogP contribution in [0, 0.1) is 5.82 Å². The van der Waals surface area contributed by atoms with Crippen molar-refractivity contribution in [1.29, 1.82) is 0 Å². The molecule has 0 radical (unpaired) electrons. The molecule has 0 aliphatic carbocycles. The second kappa shape index (κ2) is 6.11. The van der Waals surface area contributed by atoms with Crippen molar-refractivity contribution in [3.05, 3.63) is 52.3 Å². The van der Waals surface area contributed by atoms with E-state index >= 15 is 0 Å². The molecular formula is C13H15BrFN3. The molecule has 0 bridgehead atoms. The average Bonchev–Trinajstić information content (AvgIpc) is 2.81. The largest absolute Gasteiger partial charge is 0.334 e. The highest BCUT2D eigenvalue weighted by molar-refractivity contribution is 9.10. The van der Waals surface area contributed by atoms with Crippen molar-refractivity contribution in [1.82, 2.24) is 14.9 Å². The molecule has 0 unspecified atom stereocenters. The molecule has 0 atom stereocenters. The van der Waals surface area contributed by atoms with Gasteiger partial charge in [0.15, 0.2) is 0 Å². The first-order chi connectivity index (χ1) is 8.70. The van der Waals surface area contributed by atoms with Crippen LogP contribution in [0.15, 0.2) is 35.2 Å². The quantitative estimate of drug-likeness (QED) is 0.919. The first-order valence-electron chi connectivity index (χ1n) is 5.84. The van der Waals surface area contributed by atoms with E-state index < -0.39 is 0 Å². The van der Waals surface area contributed by atoms with E-state index in [4.69, 9.17) is 0 Å². The number of aromatic nitrogens is 2. The van der Waals surface area contributed by atoms with Gasteiger partial charge >= 0.3 is 0 Å². The molecule has 0 aliphatic heterocycles. The minimum Gasteiger partial charge on any atom is -0.334 e. The number of imidazole rings is 1. The van der Waals surface area contributed by atoms with Crippen molar-refractivity contribution in [2.24, 2.45) is 0 Å². The van der Waals surface area contributed by atoms with Gasteiger partial charge in [0.2, 0.25) is 0 Å². The lowest BCUT2D eigenvalue weighted by Crippen LogP contribution is -2.16. The molecule has 1 aromatic carbocycles. The van der Waals surface area contributed by atoms with Crippen molar-refractivity contribution in [3.8, 4) is 0 Å². The summed E-state index contributed by atoms with van der Waals surface area (Å²) >= 11 is 3.34. The molecule has 1 heterocycles. The lowest BCUT2D eigenvalue weighted by atomic mass is 10.2. The molecule has 18 heavy (non-hydrogen) atoms. The van der Waals surface area contributed by atoms with Gasteiger partial charge in [-0.25, -0.2) is 9.37 Å². The van der Waals surface area contributed by atoms with E-state index in [1.165, 1.54) is 6.07 Å². The Morgan fingerprint density at radius 3 is 3.00 bits per heavy atom. The fourth-order valence-corrected chi connectivity index (χ4v) is 2.19. The summed E-state index contributed by atoms with van der Waals surface area (Å²) in [6, 6.07) is 4.96. The van der Waals surface area contributed by atoms with E-state index in [1.54, 1.807) is 18.5 Å². The van der Waals surface area contributed by atoms with Crippen LogP contribution in [0.25, 0.3) is 0 Å². The van der Waals surface area contributed by atoms with Crippen LogP contribution >= 0.6 is 15.9 Å². The molecule has 5 heteroatoms. The predicted octanol–water partition coefficient (Wildman–Crippen LogP) is 3.09. The molecular weight excluding hydrogens is 297 g/mol. The first-order valence-corrected chi connectivity index (χ1v) is 6.63. The van der Waals surface area contributed by atoms with Crippen LogP contribution in [0.3, 0.4) is 0 Å². The van der Waals surface area contributed by atoms with Crippen molar-refractivity contribution < 1.29 is 4.39 Å². The van der Waals surface area contributed by atoms with E-state index in [0.717, 1.165) is 16.7 Å². The zero-order valence-corrected chi connectivity index (χ0v) is 11.7. The monoisotopic (exact) mass is 311 g/mol. The standard InChI is InChI=1S/C13H15BrFN3/c1-2-18-9-17-8-12(18)7-16-6-10-5-11(14)3-4-13(10)15/h3-5,8-9,16H,2,6-7H2,1H3. The van der Waals surface area contributed by atoms with Gasteiger partial charge in [-0.2, -0.15) is 0 Å². The molecule has 1 N–H and O–H groups in total. The summed E-state index contributed by atoms with van der Waals surface area (Å²) in [4.78, 5) is 4.09. The van der Waals surface area contributed by atoms with Gasteiger partial charge in [-0.05, 0) is 25.1 Å². The van der Waals surface area contributed by atoms with Gasteiger partial charge in [-0.15, -0.1) is 0 Å². The van der Waals surface area contributed by atoms with Crippen molar-refractivity contribution in [3.63, 3.8) is 0 Å². The minimum absolute atomic E-state index is 0.185. The Hall–Kier alpha value is -1.20. The van der Waals surface area contributed by atoms with E-state index in [-0.39, 0.29) is 5.82 Å². The normalized spacial score (nSPS) is 10.8. The topological polar surface area (TPSA) is 29.9 Å². The lowest BCUT2D eigenvalue weighted by molar-refractivity contribution is 0.577. The maximum Gasteiger partial charge on any atom is 0.127 e. The van der Waals surface area contributed by atoms with Crippen LogP contribution in [0.1, 0.15) is 18.2 Å². The van der Waals surface area contributed by atoms with Gasteiger partial charge in [0.05, 0.1) is 12.0 Å². The molecule has 0 aliphatic rings. The lowest BCUT2D eigenvalue weighted by Gasteiger charge is -2.08. The van der Waals surface area contributed by atoms with E-state index in [2.05, 4.69) is 37.7 Å². The summed E-state index contributed by atoms with van der Waals surface area (Å²) in [6.07, 6.45) is 3.63. The summed E-state index contributed by atoms with van der Waals surface area (Å²) in [7, 11) is 0. The number of benzene rings is 1. The molecule has 2 rings (SSSR count). The summed E-state index contributed by atoms with van der Waals surface area (Å²) < 4.78 is 16.5. The summed E-state index contributed by atoms with van der Waals surface area (Å²) in [5, 5.41) is 3.23. The molecule has 1 aromatic heterocycles. The Bertz CT molecular complexity index is 525. The van der Waals surface area contributed by atoms with Crippen LogP contribution in [0.2, 0.25) is 0 Å². The minimum atomic E-state index is -0.185. The predicted molar refractivity (Wildman–Crippen MR) is 72.5 cm³/mol. The molecule has 0 spiro atoms. The molecule has 0 fully saturated rings. The third-order valence-corrected chi connectivity index (χ3v) is 3.26. The number of nitrogens with zero attached hydrogens (tertiary/aromatic N) is 2. The Kier molecular flexibility index (Phi) is 4.49. The van der Waals surface area contributed by atoms with Gasteiger partial charge in [0.25, 0.3) is 0 Å². The van der Waals surface area contributed by atoms with E-state index in [0.29, 0.717) is 18.7 Å². The van der Waals surface area contributed by atoms with Crippen molar-refractivity contribution in [2.45, 2.75) is 26.6 Å². The zero-order valence-electron chi connectivity index (χ0n) is 10.2. The Labute approximate surface area is 114 Å². The van der Waals surface area contributed by atoms with Crippen molar-refractivity contribution >= 4 is 15.9 Å². The second-order valence-corrected chi connectivity index (χ2v) is 4.93. The number of aryl methyl sites for hydroxylation is 1. The maximum atomic E-state index is 13.5. The first kappa shape index (κ1) is 13.2. The van der Waals surface area contributed by atoms with Crippen LogP contribution in [0.5, 0.6) is 0 Å². The summed E-state index contributed by atoms with van der Waals surface area (Å²) in [6.45, 7) is 4.14. The molecule has 2 aromatic rings. The van der Waals surface area contributed by atoms with Crippen LogP contribution < -0.4 is 5.32 Å². The fraction of sp³-hybridized carbons (Fsp3) is 0.308. The SMILES string of the molecule is CCn1cncc1CNCc1cc(Br)ccc1F. The summed E-state index contributed by atoms with van der Waals surface area (Å²) in [5.41, 5.74) is 1.76. The van der Waals surface area contributed by atoms with Gasteiger partial charge in [-0.3, -0.25) is 0 Å². The molecule has 0 saturated heterocycles. The highest BCUT2D eigenvalue weighted by Crippen LogP contribution is 2.15. The second-order valence-electron chi connectivity index (χ2n) is 4.01. The number of halogens is 2. The van der Waals surface area contributed by atoms with Gasteiger partial charge < -0.3 is 9.88 Å². The van der Waals surface area contributed by atoms with Gasteiger partial charge in [0.1, 0.15) is 5.82 Å². The third kappa shape index (κ3) is 3.17. The number of rotatable bonds is 5. The summed E-state index contributed by atoms with van der Waals surface area (Å²) in [5.74, 6) is -0.185. The van der Waals surface area contributed by atoms with Gasteiger partial charge in [-0.1, -0.05) is 15.9 Å². The molecule has 96 valence electrons. The highest BCUT2D eigenvalue weighted by atomic mass is 79.9. The average molecular weight is 312 g/mol. The van der Waals surface area contributed by atoms with Crippen molar-refractivity contribution in [2.75, 3.05) is 0 Å². The Morgan fingerprint density at radius 2 is 2.22 bits per heavy atom. The molecule has 3 nitrogen and oxygen atoms in total. The van der Waals surface area contributed by atoms with Crippen LogP contribution in [-0.2, 0) is 19.6 Å². The van der Waals surface area contributed by atoms with E-state index in [1.807, 2.05) is 6.20 Å². The number of hydrogen-bond donors (Lipinski definition) is 1. The van der Waals surface area contributed by atoms with E-state index in [9.17, 15) is 4.39 Å². The van der Waals surface area contributed by atoms with Crippen LogP contribution in [0.4, 0.5) is 4.39 Å². The Balaban J connectivity index is 1.94. The fourth-order valence-electron chi connectivity index (χ4n) is 1.78. The highest BCUT2D eigenvalue weighted by Gasteiger charge is 2.04. The molecule has 0 saturated carbocycles. The maximum absolute atomic E-state index is 13.5. The zero-order chi connectivity index (χ0) is 13.0. The third-order valence-electron chi connectivity index (χ3n) is 2.77. The van der Waals surface area contributed by atoms with Crippen LogP contribution in [-0.4, -0.2) is 9.55 Å². The van der Waals surface area contributed by atoms with Gasteiger partial charge in [0, 0.05) is 35.9 Å². The number of hydrogen-bond acceptors (Lipinski definition) is 2. The number of nitrogens with one attached hydrogen (secondary N) is 1. The smallest absolute Gasteiger partial charge is 0.127 e. The Morgan fingerprint density at radius 1 is 1.39 bits per heavy atom.